The van der Waals surface area contributed by atoms with Gasteiger partial charge in [0.05, 0.1) is 6.54 Å². The van der Waals surface area contributed by atoms with Crippen molar-refractivity contribution in [2.45, 2.75) is 37.8 Å². The van der Waals surface area contributed by atoms with Gasteiger partial charge in [0.1, 0.15) is 12.4 Å². The summed E-state index contributed by atoms with van der Waals surface area (Å²) in [4.78, 5) is 12.5. The molecule has 3 rings (SSSR count). The molecule has 0 saturated carbocycles. The molecule has 1 heterocycles. The molecule has 5 nitrogen and oxygen atoms in total. The van der Waals surface area contributed by atoms with Crippen LogP contribution in [0, 0.1) is 6.92 Å². The first kappa shape index (κ1) is 27.2. The minimum absolute atomic E-state index is 0. The summed E-state index contributed by atoms with van der Waals surface area (Å²) in [6, 6.07) is 20.4. The largest absolute Gasteiger partial charge is 1.00 e. The zero-order valence-corrected chi connectivity index (χ0v) is 23.1. The maximum Gasteiger partial charge on any atom is 1.00 e. The van der Waals surface area contributed by atoms with Gasteiger partial charge in [-0.1, -0.05) is 24.3 Å². The quantitative estimate of drug-likeness (QED) is 0.338. The van der Waals surface area contributed by atoms with Crippen LogP contribution in [-0.2, 0) is 22.5 Å². The van der Waals surface area contributed by atoms with Gasteiger partial charge in [0, 0.05) is 29.3 Å². The van der Waals surface area contributed by atoms with Gasteiger partial charge in [-0.3, -0.25) is 0 Å². The van der Waals surface area contributed by atoms with E-state index in [1.165, 1.54) is 21.8 Å². The fraction of sp³-hybridized carbons (Fsp3) is 0.320. The van der Waals surface area contributed by atoms with Gasteiger partial charge in [-0.25, -0.2) is 4.79 Å². The smallest absolute Gasteiger partial charge is 1.00 e. The SMILES string of the molecule is CCOC(Cc1ccc(OCCn2c(C)ccc2-c2ccc(SC)cc2)cc1)C(=O)O.[H-].[K+]. The predicted octanol–water partition coefficient (Wildman–Crippen LogP) is 2.41. The van der Waals surface area contributed by atoms with Gasteiger partial charge >= 0.3 is 57.4 Å². The maximum atomic E-state index is 11.3. The Morgan fingerprint density at radius 1 is 1.09 bits per heavy atom. The van der Waals surface area contributed by atoms with Crippen molar-refractivity contribution in [1.82, 2.24) is 4.57 Å². The van der Waals surface area contributed by atoms with Gasteiger partial charge in [-0.05, 0) is 67.6 Å². The van der Waals surface area contributed by atoms with Crippen molar-refractivity contribution >= 4 is 17.7 Å². The van der Waals surface area contributed by atoms with Crippen LogP contribution in [0.5, 0.6) is 5.75 Å². The van der Waals surface area contributed by atoms with Gasteiger partial charge in [-0.2, -0.15) is 0 Å². The molecule has 1 atom stereocenters. The number of thioether (sulfide) groups is 1. The van der Waals surface area contributed by atoms with Crippen molar-refractivity contribution in [3.8, 4) is 17.0 Å². The van der Waals surface area contributed by atoms with Gasteiger partial charge in [0.2, 0.25) is 0 Å². The van der Waals surface area contributed by atoms with Crippen molar-refractivity contribution in [2.24, 2.45) is 0 Å². The summed E-state index contributed by atoms with van der Waals surface area (Å²) in [5.41, 5.74) is 4.47. The van der Waals surface area contributed by atoms with Gasteiger partial charge in [0.15, 0.2) is 6.10 Å². The summed E-state index contributed by atoms with van der Waals surface area (Å²) < 4.78 is 13.5. The molecule has 0 saturated heterocycles. The molecule has 0 aliphatic carbocycles. The molecule has 166 valence electrons. The first-order valence-electron chi connectivity index (χ1n) is 10.4. The number of benzene rings is 2. The first-order chi connectivity index (χ1) is 15.0. The average Bonchev–Trinajstić information content (AvgIpc) is 3.15. The van der Waals surface area contributed by atoms with E-state index in [1.54, 1.807) is 18.7 Å². The molecule has 2 aromatic carbocycles. The third-order valence-corrected chi connectivity index (χ3v) is 5.90. The zero-order valence-electron chi connectivity index (χ0n) is 20.2. The van der Waals surface area contributed by atoms with Crippen molar-refractivity contribution in [1.29, 1.82) is 0 Å². The molecule has 1 unspecified atom stereocenters. The molecule has 0 amide bonds. The molecule has 0 aliphatic heterocycles. The Hall–Kier alpha value is -1.06. The molecule has 3 aromatic rings. The summed E-state index contributed by atoms with van der Waals surface area (Å²) in [5, 5.41) is 9.23. The number of aromatic nitrogens is 1. The van der Waals surface area contributed by atoms with Gasteiger partial charge in [-0.15, -0.1) is 11.8 Å². The average molecular weight is 480 g/mol. The van der Waals surface area contributed by atoms with E-state index >= 15 is 0 Å². The second-order valence-electron chi connectivity index (χ2n) is 7.22. The Bertz CT molecular complexity index is 993. The van der Waals surface area contributed by atoms with Crippen molar-refractivity contribution in [2.75, 3.05) is 19.5 Å². The van der Waals surface area contributed by atoms with Crippen molar-refractivity contribution < 1.29 is 72.2 Å². The standard InChI is InChI=1S/C25H29NO4S.K.H/c1-4-29-24(25(27)28)17-19-6-10-21(11-7-19)30-16-15-26-18(2)5-14-23(26)20-8-12-22(31-3)13-9-20;;/h5-14,24H,4,15-17H2,1-3H3,(H,27,28);;/q;+1;-1. The monoisotopic (exact) mass is 479 g/mol. The summed E-state index contributed by atoms with van der Waals surface area (Å²) in [6.45, 7) is 5.56. The Labute approximate surface area is 238 Å². The molecule has 0 fully saturated rings. The minimum atomic E-state index is -0.942. The molecular formula is C25H30KNO4S. The van der Waals surface area contributed by atoms with E-state index in [-0.39, 0.29) is 52.8 Å². The van der Waals surface area contributed by atoms with Crippen LogP contribution in [0.4, 0.5) is 0 Å². The predicted molar refractivity (Wildman–Crippen MR) is 126 cm³/mol. The molecule has 0 radical (unpaired) electrons. The summed E-state index contributed by atoms with van der Waals surface area (Å²) >= 11 is 1.74. The zero-order chi connectivity index (χ0) is 22.2. The summed E-state index contributed by atoms with van der Waals surface area (Å²) in [7, 11) is 0. The van der Waals surface area contributed by atoms with Crippen LogP contribution >= 0.6 is 11.8 Å². The number of hydrogen-bond donors (Lipinski definition) is 1. The van der Waals surface area contributed by atoms with E-state index in [1.807, 2.05) is 24.3 Å². The molecule has 1 aromatic heterocycles. The second-order valence-corrected chi connectivity index (χ2v) is 8.10. The molecular weight excluding hydrogens is 449 g/mol. The number of carboxylic acid groups (broad SMARTS) is 1. The molecule has 0 aliphatic rings. The topological polar surface area (TPSA) is 60.7 Å². The van der Waals surface area contributed by atoms with E-state index < -0.39 is 12.1 Å². The van der Waals surface area contributed by atoms with E-state index in [0.29, 0.717) is 19.6 Å². The van der Waals surface area contributed by atoms with Crippen LogP contribution in [0.3, 0.4) is 0 Å². The number of hydrogen-bond acceptors (Lipinski definition) is 4. The molecule has 7 heteroatoms. The normalized spacial score (nSPS) is 11.6. The third-order valence-electron chi connectivity index (χ3n) is 5.16. The summed E-state index contributed by atoms with van der Waals surface area (Å²) in [5.74, 6) is -0.175. The van der Waals surface area contributed by atoms with E-state index in [4.69, 9.17) is 9.47 Å². The van der Waals surface area contributed by atoms with Crippen LogP contribution in [-0.4, -0.2) is 41.2 Å². The number of aryl methyl sites for hydroxylation is 1. The van der Waals surface area contributed by atoms with Crippen LogP contribution in [0.15, 0.2) is 65.6 Å². The van der Waals surface area contributed by atoms with Crippen LogP contribution in [0.1, 0.15) is 19.6 Å². The molecule has 32 heavy (non-hydrogen) atoms. The Kier molecular flexibility index (Phi) is 11.6. The second kappa shape index (κ2) is 13.6. The number of carboxylic acids is 1. The van der Waals surface area contributed by atoms with E-state index in [9.17, 15) is 9.90 Å². The van der Waals surface area contributed by atoms with Gasteiger partial charge in [0.25, 0.3) is 0 Å². The van der Waals surface area contributed by atoms with Crippen molar-refractivity contribution in [3.05, 3.63) is 71.9 Å². The number of ether oxygens (including phenoxy) is 2. The Balaban J connectivity index is 0.00000272. The molecule has 1 N–H and O–H groups in total. The fourth-order valence-electron chi connectivity index (χ4n) is 3.49. The third kappa shape index (κ3) is 7.48. The number of aliphatic carboxylic acids is 1. The molecule has 0 bridgehead atoms. The number of nitrogens with zero attached hydrogens (tertiary/aromatic N) is 1. The van der Waals surface area contributed by atoms with Crippen LogP contribution in [0.25, 0.3) is 11.3 Å². The Morgan fingerprint density at radius 3 is 2.38 bits per heavy atom. The first-order valence-corrected chi connectivity index (χ1v) is 11.6. The fourth-order valence-corrected chi connectivity index (χ4v) is 3.90. The van der Waals surface area contributed by atoms with Crippen molar-refractivity contribution in [3.63, 3.8) is 0 Å². The maximum absolute atomic E-state index is 11.3. The van der Waals surface area contributed by atoms with Gasteiger partial charge < -0.3 is 20.6 Å². The van der Waals surface area contributed by atoms with E-state index in [0.717, 1.165) is 17.9 Å². The molecule has 0 spiro atoms. The van der Waals surface area contributed by atoms with E-state index in [2.05, 4.69) is 54.1 Å². The number of carbonyl (C=O) groups is 1. The summed E-state index contributed by atoms with van der Waals surface area (Å²) in [6.07, 6.45) is 1.59. The van der Waals surface area contributed by atoms with Crippen LogP contribution in [0.2, 0.25) is 0 Å². The minimum Gasteiger partial charge on any atom is -1.00 e. The number of rotatable bonds is 11. The Morgan fingerprint density at radius 2 is 1.78 bits per heavy atom. The van der Waals surface area contributed by atoms with Crippen LogP contribution < -0.4 is 56.1 Å².